The Balaban J connectivity index is 3.01. The molecule has 1 N–H and O–H groups in total. The van der Waals surface area contributed by atoms with Crippen LogP contribution in [0.25, 0.3) is 0 Å². The lowest BCUT2D eigenvalue weighted by Crippen LogP contribution is -2.24. The third kappa shape index (κ3) is 2.97. The van der Waals surface area contributed by atoms with Crippen LogP contribution in [0.15, 0.2) is 18.2 Å². The van der Waals surface area contributed by atoms with Gasteiger partial charge in [-0.3, -0.25) is 0 Å². The summed E-state index contributed by atoms with van der Waals surface area (Å²) in [6, 6.07) is 4.83. The molecule has 4 heteroatoms. The van der Waals surface area contributed by atoms with E-state index in [9.17, 15) is 4.79 Å². The fourth-order valence-corrected chi connectivity index (χ4v) is 1.27. The average Bonchev–Trinajstić information content (AvgIpc) is 2.15. The fraction of sp³-hybridized carbons (Fsp3) is 0.417. The van der Waals surface area contributed by atoms with Crippen molar-refractivity contribution in [2.45, 2.75) is 33.3 Å². The Morgan fingerprint density at radius 3 is 2.44 bits per heavy atom. The first-order chi connectivity index (χ1) is 7.35. The number of rotatable bonds is 2. The third-order valence-corrected chi connectivity index (χ3v) is 2.00. The van der Waals surface area contributed by atoms with Gasteiger partial charge in [0.25, 0.3) is 0 Å². The van der Waals surface area contributed by atoms with Crippen molar-refractivity contribution in [1.82, 2.24) is 0 Å². The molecule has 1 rings (SSSR count). The molecule has 0 unspecified atom stereocenters. The smallest absolute Gasteiger partial charge is 0.339 e. The van der Waals surface area contributed by atoms with Gasteiger partial charge < -0.3 is 9.62 Å². The molecule has 0 fully saturated rings. The predicted molar refractivity (Wildman–Crippen MR) is 59.6 cm³/mol. The summed E-state index contributed by atoms with van der Waals surface area (Å²) in [5.41, 5.74) is 0.403. The van der Waals surface area contributed by atoms with Crippen molar-refractivity contribution in [3.8, 4) is 5.75 Å². The SMILES string of the molecule is Cc1c(OO)cccc1C(=O)OC(C)(C)C. The van der Waals surface area contributed by atoms with Crippen molar-refractivity contribution >= 4 is 5.97 Å². The van der Waals surface area contributed by atoms with Crippen molar-refractivity contribution in [2.24, 2.45) is 0 Å². The highest BCUT2D eigenvalue weighted by Crippen LogP contribution is 2.22. The van der Waals surface area contributed by atoms with E-state index in [-0.39, 0.29) is 5.75 Å². The molecule has 1 aromatic rings. The van der Waals surface area contributed by atoms with Crippen LogP contribution in [0.1, 0.15) is 36.7 Å². The number of benzene rings is 1. The molecule has 0 aliphatic carbocycles. The van der Waals surface area contributed by atoms with Gasteiger partial charge in [-0.05, 0) is 39.8 Å². The first-order valence-corrected chi connectivity index (χ1v) is 4.99. The summed E-state index contributed by atoms with van der Waals surface area (Å²) in [4.78, 5) is 15.9. The molecule has 0 saturated carbocycles. The summed E-state index contributed by atoms with van der Waals surface area (Å²) in [6.45, 7) is 7.08. The first kappa shape index (κ1) is 12.5. The van der Waals surface area contributed by atoms with Crippen LogP contribution in [0, 0.1) is 6.92 Å². The second kappa shape index (κ2) is 4.53. The Morgan fingerprint density at radius 1 is 1.31 bits per heavy atom. The molecule has 0 saturated heterocycles. The second-order valence-corrected chi connectivity index (χ2v) is 4.52. The fourth-order valence-electron chi connectivity index (χ4n) is 1.27. The van der Waals surface area contributed by atoms with Crippen LogP contribution in [0.3, 0.4) is 0 Å². The molecule has 1 aromatic carbocycles. The molecule has 0 atom stereocenters. The van der Waals surface area contributed by atoms with Gasteiger partial charge in [-0.1, -0.05) is 6.07 Å². The van der Waals surface area contributed by atoms with Crippen LogP contribution in [-0.4, -0.2) is 16.8 Å². The van der Waals surface area contributed by atoms with Gasteiger partial charge in [0.05, 0.1) is 5.56 Å². The molecule has 0 aromatic heterocycles. The van der Waals surface area contributed by atoms with Crippen LogP contribution in [0.2, 0.25) is 0 Å². The van der Waals surface area contributed by atoms with Gasteiger partial charge in [-0.15, -0.1) is 0 Å². The molecule has 0 spiro atoms. The predicted octanol–water partition coefficient (Wildman–Crippen LogP) is 2.80. The maximum absolute atomic E-state index is 11.8. The number of carbonyl (C=O) groups excluding carboxylic acids is 1. The lowest BCUT2D eigenvalue weighted by Gasteiger charge is -2.20. The molecule has 0 aliphatic heterocycles. The Bertz CT molecular complexity index is 390. The van der Waals surface area contributed by atoms with Crippen LogP contribution in [-0.2, 0) is 4.74 Å². The van der Waals surface area contributed by atoms with E-state index in [1.807, 2.05) is 0 Å². The Morgan fingerprint density at radius 2 is 1.94 bits per heavy atom. The van der Waals surface area contributed by atoms with E-state index in [0.29, 0.717) is 11.1 Å². The number of ether oxygens (including phenoxy) is 1. The molecule has 0 amide bonds. The standard InChI is InChI=1S/C12H16O4/c1-8-9(6-5-7-10(8)16-14)11(13)15-12(2,3)4/h5-7,14H,1-4H3. The summed E-state index contributed by atoms with van der Waals surface area (Å²) >= 11 is 0. The number of carbonyl (C=O) groups is 1. The minimum atomic E-state index is -0.542. The lowest BCUT2D eigenvalue weighted by atomic mass is 10.1. The van der Waals surface area contributed by atoms with Crippen molar-refractivity contribution < 1.29 is 19.7 Å². The highest BCUT2D eigenvalue weighted by Gasteiger charge is 2.20. The number of hydrogen-bond acceptors (Lipinski definition) is 4. The van der Waals surface area contributed by atoms with E-state index in [1.165, 1.54) is 0 Å². The van der Waals surface area contributed by atoms with E-state index in [2.05, 4.69) is 4.89 Å². The van der Waals surface area contributed by atoms with Gasteiger partial charge in [0.15, 0.2) is 5.75 Å². The van der Waals surface area contributed by atoms with E-state index < -0.39 is 11.6 Å². The monoisotopic (exact) mass is 224 g/mol. The van der Waals surface area contributed by atoms with Gasteiger partial charge in [0, 0.05) is 5.56 Å². The molecule has 0 bridgehead atoms. The molecular weight excluding hydrogens is 208 g/mol. The molecule has 0 heterocycles. The molecule has 4 nitrogen and oxygen atoms in total. The molecule has 0 radical (unpaired) electrons. The normalized spacial score (nSPS) is 11.1. The van der Waals surface area contributed by atoms with Gasteiger partial charge >= 0.3 is 5.97 Å². The lowest BCUT2D eigenvalue weighted by molar-refractivity contribution is -0.138. The van der Waals surface area contributed by atoms with Gasteiger partial charge in [-0.2, -0.15) is 0 Å². The number of hydrogen-bond donors (Lipinski definition) is 1. The van der Waals surface area contributed by atoms with Crippen molar-refractivity contribution in [3.63, 3.8) is 0 Å². The quantitative estimate of drug-likeness (QED) is 0.476. The molecule has 0 aliphatic rings. The van der Waals surface area contributed by atoms with Gasteiger partial charge in [0.1, 0.15) is 5.60 Å². The molecule has 16 heavy (non-hydrogen) atoms. The highest BCUT2D eigenvalue weighted by molar-refractivity contribution is 5.92. The minimum Gasteiger partial charge on any atom is -0.456 e. The van der Waals surface area contributed by atoms with Crippen LogP contribution in [0.5, 0.6) is 5.75 Å². The third-order valence-electron chi connectivity index (χ3n) is 2.00. The average molecular weight is 224 g/mol. The zero-order valence-corrected chi connectivity index (χ0v) is 9.90. The maximum atomic E-state index is 11.8. The maximum Gasteiger partial charge on any atom is 0.339 e. The van der Waals surface area contributed by atoms with Crippen LogP contribution >= 0.6 is 0 Å². The largest absolute Gasteiger partial charge is 0.456 e. The first-order valence-electron chi connectivity index (χ1n) is 4.99. The summed E-state index contributed by atoms with van der Waals surface area (Å²) in [5.74, 6) is -0.174. The van der Waals surface area contributed by atoms with Gasteiger partial charge in [0.2, 0.25) is 0 Å². The summed E-state index contributed by atoms with van der Waals surface area (Å²) < 4.78 is 5.23. The topological polar surface area (TPSA) is 55.8 Å². The molecule has 88 valence electrons. The highest BCUT2D eigenvalue weighted by atomic mass is 17.1. The second-order valence-electron chi connectivity index (χ2n) is 4.52. The Kier molecular flexibility index (Phi) is 3.55. The van der Waals surface area contributed by atoms with E-state index in [4.69, 9.17) is 9.99 Å². The van der Waals surface area contributed by atoms with Crippen molar-refractivity contribution in [1.29, 1.82) is 0 Å². The van der Waals surface area contributed by atoms with Crippen molar-refractivity contribution in [3.05, 3.63) is 29.3 Å². The Labute approximate surface area is 94.7 Å². The van der Waals surface area contributed by atoms with E-state index in [0.717, 1.165) is 0 Å². The molecular formula is C12H16O4. The zero-order valence-electron chi connectivity index (χ0n) is 9.90. The minimum absolute atomic E-state index is 0.253. The summed E-state index contributed by atoms with van der Waals surface area (Å²) in [6.07, 6.45) is 0. The Hall–Kier alpha value is -1.55. The van der Waals surface area contributed by atoms with E-state index >= 15 is 0 Å². The van der Waals surface area contributed by atoms with Crippen LogP contribution in [0.4, 0.5) is 0 Å². The zero-order chi connectivity index (χ0) is 12.3. The number of esters is 1. The van der Waals surface area contributed by atoms with Gasteiger partial charge in [-0.25, -0.2) is 10.1 Å². The summed E-state index contributed by atoms with van der Waals surface area (Å²) in [7, 11) is 0. The van der Waals surface area contributed by atoms with E-state index in [1.54, 1.807) is 45.9 Å². The van der Waals surface area contributed by atoms with Crippen LogP contribution < -0.4 is 4.89 Å². The summed E-state index contributed by atoms with van der Waals surface area (Å²) in [5, 5.41) is 8.61. The van der Waals surface area contributed by atoms with Crippen molar-refractivity contribution in [2.75, 3.05) is 0 Å².